The first kappa shape index (κ1) is 16.8. The zero-order valence-electron chi connectivity index (χ0n) is 13.6. The summed E-state index contributed by atoms with van der Waals surface area (Å²) in [5.74, 6) is 0.502. The number of ketones is 1. The molecule has 0 aliphatic heterocycles. The van der Waals surface area contributed by atoms with Crippen molar-refractivity contribution < 1.29 is 14.6 Å². The van der Waals surface area contributed by atoms with Crippen LogP contribution in [0.1, 0.15) is 17.3 Å². The minimum absolute atomic E-state index is 0.0135. The molecule has 0 radical (unpaired) electrons. The Morgan fingerprint density at radius 1 is 1.20 bits per heavy atom. The van der Waals surface area contributed by atoms with Gasteiger partial charge in [0.2, 0.25) is 0 Å². The van der Waals surface area contributed by atoms with Gasteiger partial charge in [0.25, 0.3) is 5.56 Å². The number of rotatable bonds is 6. The molecule has 0 aliphatic rings. The summed E-state index contributed by atoms with van der Waals surface area (Å²) in [5.41, 5.74) is 0.793. The van der Waals surface area contributed by atoms with Gasteiger partial charge in [-0.1, -0.05) is 17.3 Å². The quantitative estimate of drug-likeness (QED) is 0.683. The predicted octanol–water partition coefficient (Wildman–Crippen LogP) is 1.43. The first-order chi connectivity index (χ1) is 12.0. The lowest BCUT2D eigenvalue weighted by Crippen LogP contribution is -2.32. The highest BCUT2D eigenvalue weighted by Gasteiger charge is 2.11. The number of fused-ring (bicyclic) bond motifs is 1. The second-order valence-electron chi connectivity index (χ2n) is 5.64. The van der Waals surface area contributed by atoms with E-state index in [1.165, 1.54) is 6.92 Å². The number of carbonyl (C=O) groups is 1. The molecule has 7 nitrogen and oxygen atoms in total. The summed E-state index contributed by atoms with van der Waals surface area (Å²) in [4.78, 5) is 23.5. The molecule has 25 heavy (non-hydrogen) atoms. The van der Waals surface area contributed by atoms with Crippen LogP contribution in [0.4, 0.5) is 0 Å². The first-order valence-electron chi connectivity index (χ1n) is 7.79. The van der Waals surface area contributed by atoms with E-state index in [4.69, 9.17) is 4.74 Å². The summed E-state index contributed by atoms with van der Waals surface area (Å²) in [6.07, 6.45) is -0.930. The monoisotopic (exact) mass is 339 g/mol. The number of nitrogens with zero attached hydrogens (tertiary/aromatic N) is 3. The highest BCUT2D eigenvalue weighted by molar-refractivity contribution is 5.94. The van der Waals surface area contributed by atoms with Crippen molar-refractivity contribution in [1.29, 1.82) is 0 Å². The van der Waals surface area contributed by atoms with Crippen LogP contribution in [0.15, 0.2) is 53.3 Å². The van der Waals surface area contributed by atoms with E-state index in [0.717, 1.165) is 4.68 Å². The minimum atomic E-state index is -0.930. The molecule has 0 saturated carbocycles. The molecule has 7 heteroatoms. The molecule has 128 valence electrons. The van der Waals surface area contributed by atoms with E-state index in [-0.39, 0.29) is 24.5 Å². The standard InChI is InChI=1S/C18H17N3O4/c1-12(22)13-6-8-15(9-7-13)25-11-14(23)10-21-18(24)16-4-2-3-5-17(16)19-20-21/h2-9,14,23H,10-11H2,1H3/t14-/m0/s1. The highest BCUT2D eigenvalue weighted by atomic mass is 16.5. The van der Waals surface area contributed by atoms with Gasteiger partial charge in [0, 0.05) is 5.56 Å². The lowest BCUT2D eigenvalue weighted by Gasteiger charge is -2.13. The molecule has 0 unspecified atom stereocenters. The number of aromatic nitrogens is 3. The van der Waals surface area contributed by atoms with E-state index in [9.17, 15) is 14.7 Å². The van der Waals surface area contributed by atoms with Crippen LogP contribution in [0.25, 0.3) is 10.9 Å². The van der Waals surface area contributed by atoms with Crippen LogP contribution in [0.3, 0.4) is 0 Å². The van der Waals surface area contributed by atoms with Gasteiger partial charge in [0.15, 0.2) is 5.78 Å². The first-order valence-corrected chi connectivity index (χ1v) is 7.79. The van der Waals surface area contributed by atoms with Gasteiger partial charge in [-0.3, -0.25) is 9.59 Å². The van der Waals surface area contributed by atoms with E-state index >= 15 is 0 Å². The number of benzene rings is 2. The highest BCUT2D eigenvalue weighted by Crippen LogP contribution is 2.13. The molecule has 3 aromatic rings. The number of Topliss-reactive ketones (excluding diaryl/α,β-unsaturated/α-hetero) is 1. The molecule has 1 heterocycles. The van der Waals surface area contributed by atoms with E-state index in [0.29, 0.717) is 22.2 Å². The maximum absolute atomic E-state index is 12.3. The topological polar surface area (TPSA) is 94.3 Å². The molecule has 0 fully saturated rings. The Morgan fingerprint density at radius 2 is 1.92 bits per heavy atom. The zero-order valence-corrected chi connectivity index (χ0v) is 13.6. The molecule has 0 bridgehead atoms. The van der Waals surface area contributed by atoms with Gasteiger partial charge >= 0.3 is 0 Å². The number of hydrogen-bond donors (Lipinski definition) is 1. The molecule has 1 N–H and O–H groups in total. The lowest BCUT2D eigenvalue weighted by atomic mass is 10.1. The largest absolute Gasteiger partial charge is 0.491 e. The summed E-state index contributed by atoms with van der Waals surface area (Å²) < 4.78 is 6.60. The fraction of sp³-hybridized carbons (Fsp3) is 0.222. The Kier molecular flexibility index (Phi) is 4.85. The number of carbonyl (C=O) groups excluding carboxylic acids is 1. The third-order valence-electron chi connectivity index (χ3n) is 3.72. The van der Waals surface area contributed by atoms with Crippen molar-refractivity contribution in [2.45, 2.75) is 19.6 Å². The normalized spacial score (nSPS) is 12.1. The van der Waals surface area contributed by atoms with E-state index in [1.807, 2.05) is 0 Å². The van der Waals surface area contributed by atoms with E-state index in [2.05, 4.69) is 10.3 Å². The van der Waals surface area contributed by atoms with Gasteiger partial charge < -0.3 is 9.84 Å². The number of aliphatic hydroxyl groups is 1. The molecule has 0 aliphatic carbocycles. The number of hydrogen-bond acceptors (Lipinski definition) is 6. The number of aliphatic hydroxyl groups excluding tert-OH is 1. The minimum Gasteiger partial charge on any atom is -0.491 e. The molecular formula is C18H17N3O4. The average Bonchev–Trinajstić information content (AvgIpc) is 2.63. The molecule has 3 rings (SSSR count). The van der Waals surface area contributed by atoms with E-state index < -0.39 is 6.10 Å². The predicted molar refractivity (Wildman–Crippen MR) is 91.7 cm³/mol. The molecule has 1 atom stereocenters. The molecule has 0 amide bonds. The van der Waals surface area contributed by atoms with Crippen LogP contribution < -0.4 is 10.3 Å². The van der Waals surface area contributed by atoms with Crippen molar-refractivity contribution in [3.63, 3.8) is 0 Å². The van der Waals surface area contributed by atoms with Gasteiger partial charge in [0.05, 0.1) is 11.9 Å². The Balaban J connectivity index is 1.64. The Labute approximate surface area is 143 Å². The fourth-order valence-electron chi connectivity index (χ4n) is 2.37. The Morgan fingerprint density at radius 3 is 2.64 bits per heavy atom. The number of ether oxygens (including phenoxy) is 1. The van der Waals surface area contributed by atoms with Crippen LogP contribution in [0.5, 0.6) is 5.75 Å². The van der Waals surface area contributed by atoms with Crippen molar-refractivity contribution in [2.75, 3.05) is 6.61 Å². The van der Waals surface area contributed by atoms with Crippen molar-refractivity contribution in [3.05, 3.63) is 64.4 Å². The maximum Gasteiger partial charge on any atom is 0.277 e. The lowest BCUT2D eigenvalue weighted by molar-refractivity contribution is 0.0872. The van der Waals surface area contributed by atoms with Gasteiger partial charge in [-0.25, -0.2) is 4.68 Å². The fourth-order valence-corrected chi connectivity index (χ4v) is 2.37. The summed E-state index contributed by atoms with van der Waals surface area (Å²) in [5, 5.41) is 18.3. The Hall–Kier alpha value is -3.06. The average molecular weight is 339 g/mol. The molecule has 0 saturated heterocycles. The summed E-state index contributed by atoms with van der Waals surface area (Å²) >= 11 is 0. The van der Waals surface area contributed by atoms with Gasteiger partial charge in [-0.05, 0) is 43.3 Å². The third-order valence-corrected chi connectivity index (χ3v) is 3.72. The molecule has 1 aromatic heterocycles. The van der Waals surface area contributed by atoms with Crippen molar-refractivity contribution in [1.82, 2.24) is 15.0 Å². The SMILES string of the molecule is CC(=O)c1ccc(OC[C@@H](O)Cn2nnc3ccccc3c2=O)cc1. The van der Waals surface area contributed by atoms with Crippen LogP contribution in [-0.4, -0.2) is 38.6 Å². The van der Waals surface area contributed by atoms with Crippen LogP contribution >= 0.6 is 0 Å². The summed E-state index contributed by atoms with van der Waals surface area (Å²) in [7, 11) is 0. The van der Waals surface area contributed by atoms with Gasteiger partial charge in [-0.2, -0.15) is 0 Å². The smallest absolute Gasteiger partial charge is 0.277 e. The zero-order chi connectivity index (χ0) is 17.8. The summed E-state index contributed by atoms with van der Waals surface area (Å²) in [6, 6.07) is 13.5. The molecule has 0 spiro atoms. The van der Waals surface area contributed by atoms with Crippen LogP contribution in [-0.2, 0) is 6.54 Å². The third kappa shape index (κ3) is 3.89. The molecule has 2 aromatic carbocycles. The Bertz CT molecular complexity index is 950. The second kappa shape index (κ2) is 7.23. The summed E-state index contributed by atoms with van der Waals surface area (Å²) in [6.45, 7) is 1.45. The van der Waals surface area contributed by atoms with Crippen LogP contribution in [0, 0.1) is 0 Å². The molecular weight excluding hydrogens is 322 g/mol. The maximum atomic E-state index is 12.3. The second-order valence-corrected chi connectivity index (χ2v) is 5.64. The van der Waals surface area contributed by atoms with Crippen molar-refractivity contribution >= 4 is 16.7 Å². The van der Waals surface area contributed by atoms with Gasteiger partial charge in [-0.15, -0.1) is 5.10 Å². The van der Waals surface area contributed by atoms with Crippen molar-refractivity contribution in [2.24, 2.45) is 0 Å². The van der Waals surface area contributed by atoms with E-state index in [1.54, 1.807) is 48.5 Å². The van der Waals surface area contributed by atoms with Crippen LogP contribution in [0.2, 0.25) is 0 Å². The van der Waals surface area contributed by atoms with Gasteiger partial charge in [0.1, 0.15) is 24.0 Å². The van der Waals surface area contributed by atoms with Crippen molar-refractivity contribution in [3.8, 4) is 5.75 Å².